The van der Waals surface area contributed by atoms with E-state index in [1.54, 1.807) is 0 Å². The van der Waals surface area contributed by atoms with Gasteiger partial charge in [-0.1, -0.05) is 71.8 Å². The molecular formula is C26H42N4O2. The lowest BCUT2D eigenvalue weighted by atomic mass is 10.2. The third kappa shape index (κ3) is 10.4. The molecule has 2 N–H and O–H groups in total. The molecule has 2 aromatic carbocycles. The van der Waals surface area contributed by atoms with Crippen LogP contribution in [-0.2, 0) is 0 Å². The summed E-state index contributed by atoms with van der Waals surface area (Å²) in [6.07, 6.45) is 1.86. The summed E-state index contributed by atoms with van der Waals surface area (Å²) >= 11 is 0. The second-order valence-corrected chi connectivity index (χ2v) is 8.85. The van der Waals surface area contributed by atoms with Crippen molar-refractivity contribution in [2.75, 3.05) is 27.2 Å². The van der Waals surface area contributed by atoms with E-state index in [1.165, 1.54) is 17.7 Å². The molecule has 2 aromatic rings. The Labute approximate surface area is 194 Å². The Balaban J connectivity index is 0.000000216. The monoisotopic (exact) mass is 442 g/mol. The highest BCUT2D eigenvalue weighted by Crippen LogP contribution is 2.17. The van der Waals surface area contributed by atoms with Gasteiger partial charge in [-0.25, -0.2) is 0 Å². The van der Waals surface area contributed by atoms with Crippen molar-refractivity contribution in [1.82, 2.24) is 9.80 Å². The molecule has 0 aliphatic carbocycles. The summed E-state index contributed by atoms with van der Waals surface area (Å²) in [5.74, 6) is 0. The Bertz CT molecular complexity index is 709. The van der Waals surface area contributed by atoms with Gasteiger partial charge in [0.1, 0.15) is 0 Å². The lowest BCUT2D eigenvalue weighted by Crippen LogP contribution is -2.34. The van der Waals surface area contributed by atoms with Crippen LogP contribution in [0.25, 0.3) is 0 Å². The number of benzene rings is 2. The molecule has 0 aromatic heterocycles. The van der Waals surface area contributed by atoms with E-state index in [2.05, 4.69) is 57.0 Å². The number of hydrogen-bond acceptors (Lipinski definition) is 5. The summed E-state index contributed by atoms with van der Waals surface area (Å²) < 4.78 is 0. The molecule has 0 spiro atoms. The van der Waals surface area contributed by atoms with Crippen LogP contribution in [0.1, 0.15) is 37.8 Å². The maximum atomic E-state index is 10.3. The molecule has 6 heteroatoms. The summed E-state index contributed by atoms with van der Waals surface area (Å²) in [4.78, 5) is 14.5. The average molecular weight is 443 g/mol. The maximum Gasteiger partial charge on any atom is 0.229 e. The van der Waals surface area contributed by atoms with Crippen LogP contribution in [0.15, 0.2) is 60.7 Å². The van der Waals surface area contributed by atoms with E-state index in [9.17, 15) is 10.1 Å². The number of hydrogen-bond donors (Lipinski definition) is 1. The Kier molecular flexibility index (Phi) is 12.8. The van der Waals surface area contributed by atoms with Crippen molar-refractivity contribution in [3.8, 4) is 0 Å². The first-order valence-corrected chi connectivity index (χ1v) is 11.5. The third-order valence-corrected chi connectivity index (χ3v) is 6.31. The van der Waals surface area contributed by atoms with Crippen LogP contribution < -0.4 is 5.73 Å². The number of nitro groups is 1. The van der Waals surface area contributed by atoms with Crippen molar-refractivity contribution in [2.45, 2.75) is 64.7 Å². The normalized spacial score (nSPS) is 24.8. The maximum absolute atomic E-state index is 10.3. The number of nitrogens with two attached hydrogens (primary N) is 1. The van der Waals surface area contributed by atoms with E-state index < -0.39 is 0 Å². The molecule has 2 saturated heterocycles. The van der Waals surface area contributed by atoms with E-state index >= 15 is 0 Å². The second-order valence-electron chi connectivity index (χ2n) is 8.85. The molecular weight excluding hydrogens is 400 g/mol. The lowest BCUT2D eigenvalue weighted by Gasteiger charge is -2.16. The van der Waals surface area contributed by atoms with Gasteiger partial charge >= 0.3 is 0 Å². The SMILES string of the molecule is CC1C(N)CCN1C.CC1C([N+](=O)[O-])CCN1C.Cc1ccccc1.Cc1ccccc1. The number of nitrogens with zero attached hydrogens (tertiary/aromatic N) is 3. The minimum absolute atomic E-state index is 0.106. The highest BCUT2D eigenvalue weighted by atomic mass is 16.6. The standard InChI is InChI=1S/2C7H8.C6H12N2O2.C6H14N2/c2*1-7-5-3-2-4-6-7;1-5-6(8(9)10)3-4-7(5)2;1-5-6(7)3-4-8(5)2/h2*2-6H,1H3;5-6H,3-4H2,1-2H3;5-6H,3-4,7H2,1-2H3. The molecule has 2 fully saturated rings. The molecule has 0 amide bonds. The first kappa shape index (κ1) is 27.8. The molecule has 6 nitrogen and oxygen atoms in total. The largest absolute Gasteiger partial charge is 0.326 e. The highest BCUT2D eigenvalue weighted by Gasteiger charge is 2.36. The molecule has 4 atom stereocenters. The number of rotatable bonds is 1. The van der Waals surface area contributed by atoms with Gasteiger partial charge in [0.25, 0.3) is 0 Å². The van der Waals surface area contributed by atoms with Gasteiger partial charge in [0.2, 0.25) is 6.04 Å². The zero-order valence-electron chi connectivity index (χ0n) is 20.6. The van der Waals surface area contributed by atoms with E-state index in [1.807, 2.05) is 55.3 Å². The zero-order chi connectivity index (χ0) is 24.1. The Morgan fingerprint density at radius 2 is 1.22 bits per heavy atom. The molecule has 32 heavy (non-hydrogen) atoms. The number of likely N-dealkylation sites (tertiary alicyclic amines) is 2. The topological polar surface area (TPSA) is 75.6 Å². The van der Waals surface area contributed by atoms with Crippen molar-refractivity contribution >= 4 is 0 Å². The van der Waals surface area contributed by atoms with E-state index in [0.717, 1.165) is 13.0 Å². The minimum Gasteiger partial charge on any atom is -0.326 e. The van der Waals surface area contributed by atoms with E-state index in [0.29, 0.717) is 18.5 Å². The smallest absolute Gasteiger partial charge is 0.229 e. The van der Waals surface area contributed by atoms with Crippen LogP contribution in [0.4, 0.5) is 0 Å². The first-order chi connectivity index (χ1) is 15.1. The summed E-state index contributed by atoms with van der Waals surface area (Å²) in [6.45, 7) is 10.3. The van der Waals surface area contributed by atoms with Crippen LogP contribution in [0.2, 0.25) is 0 Å². The molecule has 2 aliphatic heterocycles. The van der Waals surface area contributed by atoms with Gasteiger partial charge < -0.3 is 10.6 Å². The fourth-order valence-corrected chi connectivity index (χ4v) is 3.55. The van der Waals surface area contributed by atoms with Gasteiger partial charge in [0.05, 0.1) is 6.04 Å². The molecule has 2 aliphatic rings. The molecule has 0 saturated carbocycles. The van der Waals surface area contributed by atoms with Gasteiger partial charge in [-0.3, -0.25) is 15.0 Å². The molecule has 4 rings (SSSR count). The minimum atomic E-state index is -0.343. The van der Waals surface area contributed by atoms with Crippen molar-refractivity contribution in [3.05, 3.63) is 81.9 Å². The van der Waals surface area contributed by atoms with Crippen molar-refractivity contribution in [2.24, 2.45) is 5.73 Å². The van der Waals surface area contributed by atoms with E-state index in [4.69, 9.17) is 5.73 Å². The zero-order valence-corrected chi connectivity index (χ0v) is 20.6. The van der Waals surface area contributed by atoms with Crippen molar-refractivity contribution in [3.63, 3.8) is 0 Å². The lowest BCUT2D eigenvalue weighted by molar-refractivity contribution is -0.523. The average Bonchev–Trinajstić information content (AvgIpc) is 3.26. The first-order valence-electron chi connectivity index (χ1n) is 11.5. The van der Waals surface area contributed by atoms with Crippen LogP contribution in [0.5, 0.6) is 0 Å². The van der Waals surface area contributed by atoms with Gasteiger partial charge in [0.15, 0.2) is 0 Å². The molecule has 4 unspecified atom stereocenters. The van der Waals surface area contributed by atoms with Crippen LogP contribution in [0.3, 0.4) is 0 Å². The quantitative estimate of drug-likeness (QED) is 0.524. The van der Waals surface area contributed by atoms with Crippen LogP contribution in [0, 0.1) is 24.0 Å². The Hall–Kier alpha value is -2.28. The molecule has 0 radical (unpaired) electrons. The predicted molar refractivity (Wildman–Crippen MR) is 135 cm³/mol. The van der Waals surface area contributed by atoms with Crippen molar-refractivity contribution < 1.29 is 4.92 Å². The van der Waals surface area contributed by atoms with Gasteiger partial charge in [-0.2, -0.15) is 0 Å². The molecule has 2 heterocycles. The molecule has 178 valence electrons. The fourth-order valence-electron chi connectivity index (χ4n) is 3.55. The predicted octanol–water partition coefficient (Wildman–Crippen LogP) is 4.38. The summed E-state index contributed by atoms with van der Waals surface area (Å²) in [5, 5.41) is 10.3. The number of likely N-dealkylation sites (N-methyl/N-ethyl adjacent to an activating group) is 2. The Morgan fingerprint density at radius 3 is 1.38 bits per heavy atom. The summed E-state index contributed by atoms with van der Waals surface area (Å²) in [5.41, 5.74) is 8.37. The van der Waals surface area contributed by atoms with Crippen LogP contribution >= 0.6 is 0 Å². The number of aryl methyl sites for hydroxylation is 2. The van der Waals surface area contributed by atoms with Gasteiger partial charge in [-0.15, -0.1) is 0 Å². The van der Waals surface area contributed by atoms with Gasteiger partial charge in [0, 0.05) is 30.0 Å². The highest BCUT2D eigenvalue weighted by molar-refractivity contribution is 5.12. The van der Waals surface area contributed by atoms with E-state index in [-0.39, 0.29) is 17.0 Å². The molecule has 0 bridgehead atoms. The van der Waals surface area contributed by atoms with Crippen LogP contribution in [-0.4, -0.2) is 66.1 Å². The Morgan fingerprint density at radius 1 is 0.812 bits per heavy atom. The second kappa shape index (κ2) is 14.7. The summed E-state index contributed by atoms with van der Waals surface area (Å²) in [6, 6.07) is 21.3. The third-order valence-electron chi connectivity index (χ3n) is 6.31. The fraction of sp³-hybridized carbons (Fsp3) is 0.538. The van der Waals surface area contributed by atoms with Crippen molar-refractivity contribution in [1.29, 1.82) is 0 Å². The summed E-state index contributed by atoms with van der Waals surface area (Å²) in [7, 11) is 4.05. The van der Waals surface area contributed by atoms with Gasteiger partial charge in [-0.05, 0) is 54.8 Å².